The molecule has 0 fully saturated rings. The lowest BCUT2D eigenvalue weighted by Gasteiger charge is -2.09. The second kappa shape index (κ2) is 13.8. The van der Waals surface area contributed by atoms with E-state index in [1.54, 1.807) is 116 Å². The highest BCUT2D eigenvalue weighted by atomic mass is 16.5. The van der Waals surface area contributed by atoms with Crippen LogP contribution in [0.2, 0.25) is 0 Å². The van der Waals surface area contributed by atoms with Crippen molar-refractivity contribution >= 4 is 34.7 Å². The smallest absolute Gasteiger partial charge is 0.343 e. The number of ether oxygens (including phenoxy) is 3. The average Bonchev–Trinajstić information content (AvgIpc) is 3.05. The standard InChI is InChI=1S/C35H28N4O5/c1-23-22-30(43-34(40)25-8-5-4-6-9-25)20-21-31(23)38-36-27-14-16-28(17-15-27)37-39-32-10-7-11-33(24(32)2)44-35(41)26-12-18-29(42-3)19-13-26/h4-22H,1-3H3. The Bertz CT molecular complexity index is 1830. The van der Waals surface area contributed by atoms with Crippen LogP contribution in [0.5, 0.6) is 17.2 Å². The Morgan fingerprint density at radius 3 is 1.77 bits per heavy atom. The number of carbonyl (C=O) groups is 2. The average molecular weight is 585 g/mol. The number of hydrogen-bond donors (Lipinski definition) is 0. The molecule has 0 N–H and O–H groups in total. The van der Waals surface area contributed by atoms with E-state index in [9.17, 15) is 9.59 Å². The van der Waals surface area contributed by atoms with Crippen LogP contribution in [0.4, 0.5) is 22.7 Å². The van der Waals surface area contributed by atoms with Crippen LogP contribution >= 0.6 is 0 Å². The molecule has 0 aliphatic carbocycles. The minimum atomic E-state index is -0.479. The van der Waals surface area contributed by atoms with E-state index in [1.165, 1.54) is 0 Å². The van der Waals surface area contributed by atoms with E-state index in [0.29, 0.717) is 56.7 Å². The van der Waals surface area contributed by atoms with E-state index in [-0.39, 0.29) is 0 Å². The Morgan fingerprint density at radius 1 is 0.545 bits per heavy atom. The summed E-state index contributed by atoms with van der Waals surface area (Å²) < 4.78 is 16.2. The van der Waals surface area contributed by atoms with Crippen LogP contribution in [0.25, 0.3) is 0 Å². The maximum Gasteiger partial charge on any atom is 0.343 e. The maximum atomic E-state index is 12.6. The fourth-order valence-electron chi connectivity index (χ4n) is 4.06. The molecule has 5 rings (SSSR count). The summed E-state index contributed by atoms with van der Waals surface area (Å²) >= 11 is 0. The third-order valence-electron chi connectivity index (χ3n) is 6.57. The molecular weight excluding hydrogens is 556 g/mol. The van der Waals surface area contributed by atoms with Crippen molar-refractivity contribution in [3.8, 4) is 17.2 Å². The van der Waals surface area contributed by atoms with Crippen molar-refractivity contribution in [3.63, 3.8) is 0 Å². The summed E-state index contributed by atoms with van der Waals surface area (Å²) in [5, 5.41) is 17.3. The van der Waals surface area contributed by atoms with Crippen LogP contribution in [0.15, 0.2) is 136 Å². The maximum absolute atomic E-state index is 12.6. The first-order chi connectivity index (χ1) is 21.4. The summed E-state index contributed by atoms with van der Waals surface area (Å²) in [5.41, 5.74) is 4.84. The van der Waals surface area contributed by atoms with E-state index >= 15 is 0 Å². The highest BCUT2D eigenvalue weighted by molar-refractivity contribution is 5.92. The summed E-state index contributed by atoms with van der Waals surface area (Å²) in [6.45, 7) is 3.69. The van der Waals surface area contributed by atoms with Crippen LogP contribution in [0.3, 0.4) is 0 Å². The third-order valence-corrected chi connectivity index (χ3v) is 6.57. The number of azo groups is 2. The molecule has 0 amide bonds. The lowest BCUT2D eigenvalue weighted by molar-refractivity contribution is 0.0724. The number of benzene rings is 5. The SMILES string of the molecule is COc1ccc(C(=O)Oc2cccc(N=Nc3ccc(N=Nc4ccc(OC(=O)c5ccccc5)cc4C)cc3)c2C)cc1. The molecule has 44 heavy (non-hydrogen) atoms. The zero-order valence-corrected chi connectivity index (χ0v) is 24.3. The molecule has 5 aromatic carbocycles. The van der Waals surface area contributed by atoms with Gasteiger partial charge >= 0.3 is 11.9 Å². The first kappa shape index (κ1) is 29.5. The van der Waals surface area contributed by atoms with Gasteiger partial charge in [0.1, 0.15) is 17.2 Å². The van der Waals surface area contributed by atoms with Crippen molar-refractivity contribution in [1.29, 1.82) is 0 Å². The van der Waals surface area contributed by atoms with Gasteiger partial charge in [-0.3, -0.25) is 0 Å². The number of aryl methyl sites for hydroxylation is 1. The molecule has 0 aliphatic heterocycles. The molecule has 0 saturated heterocycles. The summed E-state index contributed by atoms with van der Waals surface area (Å²) in [7, 11) is 1.56. The van der Waals surface area contributed by atoms with Gasteiger partial charge in [-0.15, -0.1) is 0 Å². The lowest BCUT2D eigenvalue weighted by Crippen LogP contribution is -2.09. The van der Waals surface area contributed by atoms with Crippen molar-refractivity contribution < 1.29 is 23.8 Å². The Labute approximate surface area is 254 Å². The molecule has 218 valence electrons. The van der Waals surface area contributed by atoms with Gasteiger partial charge in [0.05, 0.1) is 41.0 Å². The highest BCUT2D eigenvalue weighted by Crippen LogP contribution is 2.31. The third kappa shape index (κ3) is 7.46. The zero-order valence-electron chi connectivity index (χ0n) is 24.3. The van der Waals surface area contributed by atoms with Crippen LogP contribution in [-0.2, 0) is 0 Å². The first-order valence-electron chi connectivity index (χ1n) is 13.7. The first-order valence-corrected chi connectivity index (χ1v) is 13.7. The van der Waals surface area contributed by atoms with Crippen LogP contribution < -0.4 is 14.2 Å². The topological polar surface area (TPSA) is 111 Å². The number of methoxy groups -OCH3 is 1. The predicted molar refractivity (Wildman–Crippen MR) is 167 cm³/mol. The molecule has 0 saturated carbocycles. The summed E-state index contributed by atoms with van der Waals surface area (Å²) in [5.74, 6) is 0.582. The predicted octanol–water partition coefficient (Wildman–Crippen LogP) is 9.58. The molecule has 9 nitrogen and oxygen atoms in total. The van der Waals surface area contributed by atoms with Crippen molar-refractivity contribution in [2.75, 3.05) is 7.11 Å². The Balaban J connectivity index is 1.20. The van der Waals surface area contributed by atoms with Gasteiger partial charge in [0.15, 0.2) is 0 Å². The van der Waals surface area contributed by atoms with Gasteiger partial charge < -0.3 is 14.2 Å². The molecule has 0 atom stereocenters. The molecule has 9 heteroatoms. The molecule has 0 unspecified atom stereocenters. The van der Waals surface area contributed by atoms with E-state index in [2.05, 4.69) is 20.5 Å². The second-order valence-electron chi connectivity index (χ2n) is 9.64. The van der Waals surface area contributed by atoms with Crippen molar-refractivity contribution in [2.24, 2.45) is 20.5 Å². The normalized spacial score (nSPS) is 11.1. The number of esters is 2. The summed E-state index contributed by atoms with van der Waals surface area (Å²) in [4.78, 5) is 24.9. The molecule has 5 aromatic rings. The summed E-state index contributed by atoms with van der Waals surface area (Å²) in [6.07, 6.45) is 0. The Morgan fingerprint density at radius 2 is 1.14 bits per heavy atom. The van der Waals surface area contributed by atoms with Gasteiger partial charge in [-0.2, -0.15) is 20.5 Å². The monoisotopic (exact) mass is 584 g/mol. The molecule has 0 radical (unpaired) electrons. The molecule has 0 heterocycles. The number of nitrogens with zero attached hydrogens (tertiary/aromatic N) is 4. The van der Waals surface area contributed by atoms with Gasteiger partial charge in [-0.1, -0.05) is 24.3 Å². The quantitative estimate of drug-likeness (QED) is 0.0973. The summed E-state index contributed by atoms with van der Waals surface area (Å²) in [6, 6.07) is 33.1. The fraction of sp³-hybridized carbons (Fsp3) is 0.0857. The minimum absolute atomic E-state index is 0.399. The van der Waals surface area contributed by atoms with E-state index in [1.807, 2.05) is 19.9 Å². The van der Waals surface area contributed by atoms with Crippen LogP contribution in [0.1, 0.15) is 31.8 Å². The van der Waals surface area contributed by atoms with Crippen molar-refractivity contribution in [3.05, 3.63) is 138 Å². The van der Waals surface area contributed by atoms with Gasteiger partial charge in [0.25, 0.3) is 0 Å². The second-order valence-corrected chi connectivity index (χ2v) is 9.64. The van der Waals surface area contributed by atoms with Gasteiger partial charge in [-0.25, -0.2) is 9.59 Å². The van der Waals surface area contributed by atoms with E-state index in [0.717, 1.165) is 5.56 Å². The molecule has 0 aliphatic rings. The Hall–Kier alpha value is -5.96. The zero-order chi connectivity index (χ0) is 30.9. The molecular formula is C35H28N4O5. The van der Waals surface area contributed by atoms with E-state index in [4.69, 9.17) is 14.2 Å². The van der Waals surface area contributed by atoms with Crippen molar-refractivity contribution in [1.82, 2.24) is 0 Å². The van der Waals surface area contributed by atoms with Crippen LogP contribution in [-0.4, -0.2) is 19.0 Å². The minimum Gasteiger partial charge on any atom is -0.497 e. The molecule has 0 spiro atoms. The van der Waals surface area contributed by atoms with Gasteiger partial charge in [-0.05, 0) is 110 Å². The van der Waals surface area contributed by atoms with E-state index < -0.39 is 11.9 Å². The van der Waals surface area contributed by atoms with Crippen LogP contribution in [0, 0.1) is 13.8 Å². The van der Waals surface area contributed by atoms with Gasteiger partial charge in [0.2, 0.25) is 0 Å². The lowest BCUT2D eigenvalue weighted by atomic mass is 10.2. The van der Waals surface area contributed by atoms with Gasteiger partial charge in [0, 0.05) is 5.56 Å². The van der Waals surface area contributed by atoms with Crippen molar-refractivity contribution in [2.45, 2.75) is 13.8 Å². The number of hydrogen-bond acceptors (Lipinski definition) is 9. The largest absolute Gasteiger partial charge is 0.497 e. The number of carbonyl (C=O) groups excluding carboxylic acids is 2. The fourth-order valence-corrected chi connectivity index (χ4v) is 4.06. The molecule has 0 aromatic heterocycles. The highest BCUT2D eigenvalue weighted by Gasteiger charge is 2.13. The molecule has 0 bridgehead atoms. The Kier molecular flexibility index (Phi) is 9.26. The number of rotatable bonds is 9.